The second kappa shape index (κ2) is 5.24. The Morgan fingerprint density at radius 2 is 1.79 bits per heavy atom. The minimum atomic E-state index is -3.92. The number of hydrogen-bond acceptors (Lipinski definition) is 4. The number of hydrogen-bond donors (Lipinski definition) is 2. The smallest absolute Gasteiger partial charge is 0.266 e. The topological polar surface area (TPSA) is 85.1 Å². The Labute approximate surface area is 120 Å². The van der Waals surface area contributed by atoms with Crippen LogP contribution in [0, 0.1) is 0 Å². The predicted octanol–water partition coefficient (Wildman–Crippen LogP) is 2.77. The number of aromatic nitrogens is 1. The highest BCUT2D eigenvalue weighted by molar-refractivity contribution is 7.93. The fraction of sp³-hybridized carbons (Fsp3) is 0. The number of nitrogen functional groups attached to an aromatic ring is 1. The molecule has 2 rings (SSSR count). The normalized spacial score (nSPS) is 11.3. The molecule has 1 heterocycles. The third-order valence-corrected chi connectivity index (χ3v) is 4.47. The number of sulfonamides is 1. The molecule has 0 atom stereocenters. The monoisotopic (exact) mass is 317 g/mol. The molecular weight excluding hydrogens is 309 g/mol. The van der Waals surface area contributed by atoms with Gasteiger partial charge in [0.2, 0.25) is 0 Å². The van der Waals surface area contributed by atoms with Crippen molar-refractivity contribution >= 4 is 44.7 Å². The summed E-state index contributed by atoms with van der Waals surface area (Å²) in [7, 11) is -3.92. The van der Waals surface area contributed by atoms with Gasteiger partial charge in [-0.2, -0.15) is 0 Å². The molecule has 0 spiro atoms. The minimum Gasteiger partial charge on any atom is -0.399 e. The number of pyridine rings is 1. The molecule has 8 heteroatoms. The molecule has 1 aromatic heterocycles. The number of nitrogens with two attached hydrogens (primary N) is 1. The number of halogens is 2. The van der Waals surface area contributed by atoms with E-state index in [1.54, 1.807) is 12.1 Å². The van der Waals surface area contributed by atoms with Gasteiger partial charge in [0, 0.05) is 11.9 Å². The lowest BCUT2D eigenvalue weighted by atomic mass is 10.3. The van der Waals surface area contributed by atoms with Gasteiger partial charge in [-0.1, -0.05) is 29.3 Å². The maximum Gasteiger partial charge on any atom is 0.266 e. The van der Waals surface area contributed by atoms with Crippen LogP contribution in [0.1, 0.15) is 0 Å². The highest BCUT2D eigenvalue weighted by atomic mass is 35.5. The van der Waals surface area contributed by atoms with E-state index in [1.165, 1.54) is 24.4 Å². The van der Waals surface area contributed by atoms with Gasteiger partial charge in [-0.15, -0.1) is 0 Å². The molecule has 0 unspecified atom stereocenters. The standard InChI is InChI=1S/C11H9Cl2N3O2S/c12-8-5-7(14)6-9(13)11(8)19(17,18)16-10-3-1-2-4-15-10/h1-6H,14H2,(H,15,16). The first-order valence-corrected chi connectivity index (χ1v) is 7.32. The zero-order valence-electron chi connectivity index (χ0n) is 9.47. The Kier molecular flexibility index (Phi) is 3.84. The van der Waals surface area contributed by atoms with Crippen molar-refractivity contribution in [3.8, 4) is 0 Å². The Morgan fingerprint density at radius 3 is 2.32 bits per heavy atom. The number of nitrogens with one attached hydrogen (secondary N) is 1. The molecule has 0 amide bonds. The Morgan fingerprint density at radius 1 is 1.16 bits per heavy atom. The molecule has 1 aromatic carbocycles. The summed E-state index contributed by atoms with van der Waals surface area (Å²) in [5.41, 5.74) is 5.81. The molecule has 2 aromatic rings. The summed E-state index contributed by atoms with van der Waals surface area (Å²) in [6.07, 6.45) is 1.46. The molecule has 0 aliphatic rings. The summed E-state index contributed by atoms with van der Waals surface area (Å²) in [5, 5.41) is -0.0955. The van der Waals surface area contributed by atoms with E-state index in [9.17, 15) is 8.42 Å². The van der Waals surface area contributed by atoms with Crippen LogP contribution < -0.4 is 10.5 Å². The molecule has 0 saturated carbocycles. The maximum absolute atomic E-state index is 12.2. The van der Waals surface area contributed by atoms with Crippen molar-refractivity contribution in [1.29, 1.82) is 0 Å². The quantitative estimate of drug-likeness (QED) is 0.852. The second-order valence-electron chi connectivity index (χ2n) is 3.63. The highest BCUT2D eigenvalue weighted by Crippen LogP contribution is 2.32. The van der Waals surface area contributed by atoms with Crippen LogP contribution in [0.25, 0.3) is 0 Å². The fourth-order valence-electron chi connectivity index (χ4n) is 1.45. The lowest BCUT2D eigenvalue weighted by Gasteiger charge is -2.10. The van der Waals surface area contributed by atoms with Gasteiger partial charge in [0.15, 0.2) is 0 Å². The van der Waals surface area contributed by atoms with Crippen molar-refractivity contribution in [2.24, 2.45) is 0 Å². The van der Waals surface area contributed by atoms with Crippen molar-refractivity contribution in [1.82, 2.24) is 4.98 Å². The molecule has 100 valence electrons. The first-order valence-electron chi connectivity index (χ1n) is 5.08. The van der Waals surface area contributed by atoms with Crippen molar-refractivity contribution < 1.29 is 8.42 Å². The Bertz CT molecular complexity index is 682. The molecule has 0 bridgehead atoms. The largest absolute Gasteiger partial charge is 0.399 e. The highest BCUT2D eigenvalue weighted by Gasteiger charge is 2.22. The summed E-state index contributed by atoms with van der Waals surface area (Å²) in [6, 6.07) is 7.47. The van der Waals surface area contributed by atoms with Crippen LogP contribution in [-0.2, 0) is 10.0 Å². The van der Waals surface area contributed by atoms with E-state index < -0.39 is 10.0 Å². The van der Waals surface area contributed by atoms with E-state index in [-0.39, 0.29) is 26.4 Å². The summed E-state index contributed by atoms with van der Waals surface area (Å²) in [5.74, 6) is 0.173. The van der Waals surface area contributed by atoms with Gasteiger partial charge in [-0.25, -0.2) is 13.4 Å². The molecule has 5 nitrogen and oxygen atoms in total. The van der Waals surface area contributed by atoms with E-state index in [2.05, 4.69) is 9.71 Å². The third kappa shape index (κ3) is 3.09. The minimum absolute atomic E-state index is 0.0477. The lowest BCUT2D eigenvalue weighted by molar-refractivity contribution is 0.601. The molecule has 0 aliphatic heterocycles. The number of anilines is 2. The number of rotatable bonds is 3. The van der Waals surface area contributed by atoms with Crippen molar-refractivity contribution in [2.75, 3.05) is 10.5 Å². The third-order valence-electron chi connectivity index (χ3n) is 2.19. The molecule has 3 N–H and O–H groups in total. The van der Waals surface area contributed by atoms with E-state index in [1.807, 2.05) is 0 Å². The van der Waals surface area contributed by atoms with Gasteiger partial charge in [0.05, 0.1) is 10.0 Å². The van der Waals surface area contributed by atoms with Crippen LogP contribution in [0.15, 0.2) is 41.4 Å². The van der Waals surface area contributed by atoms with Gasteiger partial charge in [-0.3, -0.25) is 4.72 Å². The van der Waals surface area contributed by atoms with E-state index in [0.717, 1.165) is 0 Å². The average Bonchev–Trinajstić information content (AvgIpc) is 2.27. The van der Waals surface area contributed by atoms with Gasteiger partial charge in [0.25, 0.3) is 10.0 Å². The molecule has 19 heavy (non-hydrogen) atoms. The molecular formula is C11H9Cl2N3O2S. The van der Waals surface area contributed by atoms with Gasteiger partial charge in [0.1, 0.15) is 10.7 Å². The Balaban J connectivity index is 2.46. The van der Waals surface area contributed by atoms with Gasteiger partial charge >= 0.3 is 0 Å². The second-order valence-corrected chi connectivity index (χ2v) is 6.07. The van der Waals surface area contributed by atoms with Crippen LogP contribution in [-0.4, -0.2) is 13.4 Å². The number of benzene rings is 1. The van der Waals surface area contributed by atoms with Crippen LogP contribution in [0.5, 0.6) is 0 Å². The van der Waals surface area contributed by atoms with Crippen molar-refractivity contribution in [3.05, 3.63) is 46.6 Å². The van der Waals surface area contributed by atoms with Gasteiger partial charge < -0.3 is 5.73 Å². The summed E-state index contributed by atoms with van der Waals surface area (Å²) in [4.78, 5) is 3.64. The summed E-state index contributed by atoms with van der Waals surface area (Å²) >= 11 is 11.8. The van der Waals surface area contributed by atoms with Crippen molar-refractivity contribution in [2.45, 2.75) is 4.90 Å². The summed E-state index contributed by atoms with van der Waals surface area (Å²) < 4.78 is 26.7. The molecule has 0 saturated heterocycles. The van der Waals surface area contributed by atoms with Crippen LogP contribution in [0.2, 0.25) is 10.0 Å². The Hall–Kier alpha value is -1.50. The SMILES string of the molecule is Nc1cc(Cl)c(S(=O)(=O)Nc2ccccn2)c(Cl)c1. The van der Waals surface area contributed by atoms with Crippen LogP contribution in [0.3, 0.4) is 0 Å². The average molecular weight is 318 g/mol. The number of nitrogens with zero attached hydrogens (tertiary/aromatic N) is 1. The zero-order chi connectivity index (χ0) is 14.0. The first kappa shape index (κ1) is 13.9. The summed E-state index contributed by atoms with van der Waals surface area (Å²) in [6.45, 7) is 0. The van der Waals surface area contributed by atoms with Crippen molar-refractivity contribution in [3.63, 3.8) is 0 Å². The molecule has 0 aliphatic carbocycles. The zero-order valence-corrected chi connectivity index (χ0v) is 11.8. The molecule has 0 radical (unpaired) electrons. The fourth-order valence-corrected chi connectivity index (χ4v) is 3.69. The van der Waals surface area contributed by atoms with Crippen LogP contribution in [0.4, 0.5) is 11.5 Å². The maximum atomic E-state index is 12.2. The van der Waals surface area contributed by atoms with E-state index >= 15 is 0 Å². The van der Waals surface area contributed by atoms with Gasteiger partial charge in [-0.05, 0) is 24.3 Å². The van der Waals surface area contributed by atoms with Crippen LogP contribution >= 0.6 is 23.2 Å². The molecule has 0 fully saturated rings. The van der Waals surface area contributed by atoms with E-state index in [0.29, 0.717) is 0 Å². The van der Waals surface area contributed by atoms with E-state index in [4.69, 9.17) is 28.9 Å². The first-order chi connectivity index (χ1) is 8.90. The lowest BCUT2D eigenvalue weighted by Crippen LogP contribution is -2.15. The predicted molar refractivity (Wildman–Crippen MR) is 75.9 cm³/mol.